The van der Waals surface area contributed by atoms with E-state index < -0.39 is 0 Å². The lowest BCUT2D eigenvalue weighted by molar-refractivity contribution is -0.150. The number of hydrogen-bond donors (Lipinski definition) is 0. The van der Waals surface area contributed by atoms with Gasteiger partial charge >= 0.3 is 5.97 Å². The molecule has 0 bridgehead atoms. The molecule has 1 aliphatic rings. The lowest BCUT2D eigenvalue weighted by Gasteiger charge is -2.29. The Morgan fingerprint density at radius 3 is 2.33 bits per heavy atom. The molecular weight excluding hydrogens is 192 g/mol. The SMILES string of the molecule is CC(=O)O[C@@H]1CC(=C(C)C)C(=O)C[C@@H]1C. The molecule has 0 N–H and O–H groups in total. The molecule has 3 heteroatoms. The van der Waals surface area contributed by atoms with Gasteiger partial charge in [0, 0.05) is 25.7 Å². The Hall–Kier alpha value is -1.12. The fraction of sp³-hybridized carbons (Fsp3) is 0.667. The molecule has 84 valence electrons. The molecule has 1 rings (SSSR count). The van der Waals surface area contributed by atoms with Gasteiger partial charge in [0.05, 0.1) is 0 Å². The van der Waals surface area contributed by atoms with E-state index in [9.17, 15) is 9.59 Å². The van der Waals surface area contributed by atoms with Gasteiger partial charge in [-0.1, -0.05) is 12.5 Å². The summed E-state index contributed by atoms with van der Waals surface area (Å²) in [5.41, 5.74) is 1.86. The van der Waals surface area contributed by atoms with Crippen LogP contribution in [0.2, 0.25) is 0 Å². The van der Waals surface area contributed by atoms with Gasteiger partial charge in [-0.2, -0.15) is 0 Å². The number of rotatable bonds is 1. The molecule has 0 saturated heterocycles. The predicted molar refractivity (Wildman–Crippen MR) is 57.3 cm³/mol. The minimum atomic E-state index is -0.269. The maximum absolute atomic E-state index is 11.7. The zero-order valence-corrected chi connectivity index (χ0v) is 9.79. The van der Waals surface area contributed by atoms with Crippen LogP contribution in [-0.4, -0.2) is 17.9 Å². The third-order valence-corrected chi connectivity index (χ3v) is 2.80. The van der Waals surface area contributed by atoms with Crippen molar-refractivity contribution < 1.29 is 14.3 Å². The molecule has 1 fully saturated rings. The molecule has 0 heterocycles. The van der Waals surface area contributed by atoms with Crippen LogP contribution in [0.15, 0.2) is 11.1 Å². The molecule has 0 spiro atoms. The van der Waals surface area contributed by atoms with Gasteiger partial charge in [0.25, 0.3) is 0 Å². The molecular formula is C12H18O3. The summed E-state index contributed by atoms with van der Waals surface area (Å²) in [6.07, 6.45) is 0.922. The van der Waals surface area contributed by atoms with Crippen molar-refractivity contribution in [2.24, 2.45) is 5.92 Å². The van der Waals surface area contributed by atoms with E-state index in [1.165, 1.54) is 6.92 Å². The number of allylic oxidation sites excluding steroid dienone is 1. The molecule has 0 aromatic heterocycles. The van der Waals surface area contributed by atoms with Crippen LogP contribution in [0.5, 0.6) is 0 Å². The van der Waals surface area contributed by atoms with Crippen LogP contribution in [0.4, 0.5) is 0 Å². The predicted octanol–water partition coefficient (Wildman–Crippen LogP) is 2.25. The van der Waals surface area contributed by atoms with Gasteiger partial charge in [-0.05, 0) is 19.4 Å². The van der Waals surface area contributed by atoms with Crippen molar-refractivity contribution in [2.45, 2.75) is 46.6 Å². The second kappa shape index (κ2) is 4.60. The summed E-state index contributed by atoms with van der Waals surface area (Å²) in [4.78, 5) is 22.6. The molecule has 0 radical (unpaired) electrons. The Morgan fingerprint density at radius 2 is 1.87 bits per heavy atom. The molecule has 2 atom stereocenters. The van der Waals surface area contributed by atoms with Crippen LogP contribution in [-0.2, 0) is 14.3 Å². The Balaban J connectivity index is 2.80. The van der Waals surface area contributed by atoms with E-state index in [1.807, 2.05) is 20.8 Å². The van der Waals surface area contributed by atoms with E-state index in [0.29, 0.717) is 12.8 Å². The number of Topliss-reactive ketones (excluding diaryl/α,β-unsaturated/α-hetero) is 1. The van der Waals surface area contributed by atoms with E-state index >= 15 is 0 Å². The van der Waals surface area contributed by atoms with Crippen molar-refractivity contribution >= 4 is 11.8 Å². The molecule has 3 nitrogen and oxygen atoms in total. The quantitative estimate of drug-likeness (QED) is 0.492. The highest BCUT2D eigenvalue weighted by atomic mass is 16.5. The van der Waals surface area contributed by atoms with Crippen molar-refractivity contribution in [3.63, 3.8) is 0 Å². The van der Waals surface area contributed by atoms with Gasteiger partial charge in [0.15, 0.2) is 5.78 Å². The third kappa shape index (κ3) is 2.91. The van der Waals surface area contributed by atoms with Gasteiger partial charge in [0.1, 0.15) is 6.10 Å². The summed E-state index contributed by atoms with van der Waals surface area (Å²) in [7, 11) is 0. The average Bonchev–Trinajstić information content (AvgIpc) is 2.08. The normalized spacial score (nSPS) is 26.4. The molecule has 1 saturated carbocycles. The van der Waals surface area contributed by atoms with Gasteiger partial charge in [-0.25, -0.2) is 0 Å². The lowest BCUT2D eigenvalue weighted by Crippen LogP contribution is -2.33. The van der Waals surface area contributed by atoms with Crippen LogP contribution in [0.3, 0.4) is 0 Å². The van der Waals surface area contributed by atoms with Crippen molar-refractivity contribution in [2.75, 3.05) is 0 Å². The maximum Gasteiger partial charge on any atom is 0.302 e. The highest BCUT2D eigenvalue weighted by molar-refractivity contribution is 5.97. The second-order valence-electron chi connectivity index (χ2n) is 4.44. The van der Waals surface area contributed by atoms with Gasteiger partial charge in [-0.3, -0.25) is 9.59 Å². The fourth-order valence-corrected chi connectivity index (χ4v) is 1.92. The highest BCUT2D eigenvalue weighted by Crippen LogP contribution is 2.29. The second-order valence-corrected chi connectivity index (χ2v) is 4.44. The van der Waals surface area contributed by atoms with E-state index in [2.05, 4.69) is 0 Å². The van der Waals surface area contributed by atoms with Crippen LogP contribution in [0.25, 0.3) is 0 Å². The first-order chi connectivity index (χ1) is 6.91. The monoisotopic (exact) mass is 210 g/mol. The fourth-order valence-electron chi connectivity index (χ4n) is 1.92. The maximum atomic E-state index is 11.7. The minimum Gasteiger partial charge on any atom is -0.462 e. The Labute approximate surface area is 90.5 Å². The summed E-state index contributed by atoms with van der Waals surface area (Å²) in [6, 6.07) is 0. The number of ketones is 1. The summed E-state index contributed by atoms with van der Waals surface area (Å²) in [6.45, 7) is 7.21. The van der Waals surface area contributed by atoms with Crippen LogP contribution in [0, 0.1) is 5.92 Å². The molecule has 0 aromatic carbocycles. The van der Waals surface area contributed by atoms with E-state index in [4.69, 9.17) is 4.74 Å². The summed E-state index contributed by atoms with van der Waals surface area (Å²) >= 11 is 0. The Kier molecular flexibility index (Phi) is 3.66. The van der Waals surface area contributed by atoms with Crippen LogP contribution in [0.1, 0.15) is 40.5 Å². The third-order valence-electron chi connectivity index (χ3n) is 2.80. The smallest absolute Gasteiger partial charge is 0.302 e. The topological polar surface area (TPSA) is 43.4 Å². The number of ether oxygens (including phenoxy) is 1. The van der Waals surface area contributed by atoms with Crippen molar-refractivity contribution in [1.82, 2.24) is 0 Å². The number of carbonyl (C=O) groups is 2. The molecule has 0 aliphatic heterocycles. The number of esters is 1. The largest absolute Gasteiger partial charge is 0.462 e. The number of carbonyl (C=O) groups excluding carboxylic acids is 2. The molecule has 0 amide bonds. The van der Waals surface area contributed by atoms with Crippen molar-refractivity contribution in [3.8, 4) is 0 Å². The van der Waals surface area contributed by atoms with E-state index in [-0.39, 0.29) is 23.8 Å². The zero-order chi connectivity index (χ0) is 11.6. The van der Waals surface area contributed by atoms with E-state index in [1.54, 1.807) is 0 Å². The molecule has 15 heavy (non-hydrogen) atoms. The molecule has 0 aromatic rings. The van der Waals surface area contributed by atoms with Crippen molar-refractivity contribution in [3.05, 3.63) is 11.1 Å². The number of hydrogen-bond acceptors (Lipinski definition) is 3. The lowest BCUT2D eigenvalue weighted by atomic mass is 9.82. The van der Waals surface area contributed by atoms with Gasteiger partial charge < -0.3 is 4.74 Å². The van der Waals surface area contributed by atoms with Gasteiger partial charge in [0.2, 0.25) is 0 Å². The zero-order valence-electron chi connectivity index (χ0n) is 9.79. The van der Waals surface area contributed by atoms with Crippen molar-refractivity contribution in [1.29, 1.82) is 0 Å². The van der Waals surface area contributed by atoms with Gasteiger partial charge in [-0.15, -0.1) is 0 Å². The standard InChI is InChI=1S/C12H18O3/c1-7(2)10-6-12(15-9(4)13)8(3)5-11(10)14/h8,12H,5-6H2,1-4H3/t8-,12+/m0/s1. The molecule has 0 unspecified atom stereocenters. The Morgan fingerprint density at radius 1 is 1.27 bits per heavy atom. The summed E-state index contributed by atoms with van der Waals surface area (Å²) < 4.78 is 5.21. The summed E-state index contributed by atoms with van der Waals surface area (Å²) in [5.74, 6) is 0.0599. The van der Waals surface area contributed by atoms with Crippen LogP contribution < -0.4 is 0 Å². The van der Waals surface area contributed by atoms with E-state index in [0.717, 1.165) is 11.1 Å². The Bertz CT molecular complexity index is 311. The summed E-state index contributed by atoms with van der Waals surface area (Å²) in [5, 5.41) is 0. The first-order valence-corrected chi connectivity index (χ1v) is 5.28. The first kappa shape index (κ1) is 12.0. The first-order valence-electron chi connectivity index (χ1n) is 5.28. The average molecular weight is 210 g/mol. The minimum absolute atomic E-state index is 0.129. The molecule has 1 aliphatic carbocycles. The van der Waals surface area contributed by atoms with Crippen LogP contribution >= 0.6 is 0 Å². The highest BCUT2D eigenvalue weighted by Gasteiger charge is 2.32.